The van der Waals surface area contributed by atoms with Crippen molar-refractivity contribution in [3.8, 4) is 22.7 Å². The molecule has 1 amide bonds. The van der Waals surface area contributed by atoms with Gasteiger partial charge in [-0.2, -0.15) is 15.0 Å². The molecule has 2 aromatic carbocycles. The van der Waals surface area contributed by atoms with Crippen LogP contribution in [0, 0.1) is 6.92 Å². The van der Waals surface area contributed by atoms with Crippen LogP contribution < -0.4 is 4.74 Å². The third-order valence-electron chi connectivity index (χ3n) is 5.92. The van der Waals surface area contributed by atoms with Gasteiger partial charge in [0.25, 0.3) is 5.91 Å². The summed E-state index contributed by atoms with van der Waals surface area (Å²) < 4.78 is 5.78. The molecule has 33 heavy (non-hydrogen) atoms. The van der Waals surface area contributed by atoms with Gasteiger partial charge in [0.05, 0.1) is 48.2 Å². The molecule has 1 aliphatic rings. The minimum atomic E-state index is -0.121. The number of benzene rings is 2. The maximum absolute atomic E-state index is 13.7. The Morgan fingerprint density at radius 3 is 2.82 bits per heavy atom. The Hall–Kier alpha value is -3.94. The second-order valence-electron chi connectivity index (χ2n) is 8.11. The average molecular weight is 443 g/mol. The highest BCUT2D eigenvalue weighted by atomic mass is 16.5. The molecule has 168 valence electrons. The predicted octanol–water partition coefficient (Wildman–Crippen LogP) is 4.34. The molecule has 3 heterocycles. The maximum Gasteiger partial charge on any atom is 0.256 e. The van der Waals surface area contributed by atoms with Crippen LogP contribution >= 0.6 is 0 Å². The van der Waals surface area contributed by atoms with E-state index in [2.05, 4.69) is 20.2 Å². The van der Waals surface area contributed by atoms with Gasteiger partial charge >= 0.3 is 0 Å². The van der Waals surface area contributed by atoms with Crippen molar-refractivity contribution in [3.63, 3.8) is 0 Å². The number of aromatic nitrogens is 5. The zero-order chi connectivity index (χ0) is 22.8. The molecule has 2 aromatic heterocycles. The molecule has 0 saturated carbocycles. The molecular weight excluding hydrogens is 416 g/mol. The Morgan fingerprint density at radius 2 is 2.00 bits per heavy atom. The van der Waals surface area contributed by atoms with Crippen LogP contribution in [0.5, 0.6) is 5.75 Å². The minimum Gasteiger partial charge on any atom is -0.493 e. The lowest BCUT2D eigenvalue weighted by Gasteiger charge is -2.24. The van der Waals surface area contributed by atoms with Crippen molar-refractivity contribution in [1.82, 2.24) is 29.9 Å². The summed E-state index contributed by atoms with van der Waals surface area (Å²) in [6.45, 7) is 5.21. The fourth-order valence-corrected chi connectivity index (χ4v) is 4.40. The number of aryl methyl sites for hydroxylation is 1. The van der Waals surface area contributed by atoms with Crippen molar-refractivity contribution in [1.29, 1.82) is 0 Å². The van der Waals surface area contributed by atoms with E-state index in [0.29, 0.717) is 24.4 Å². The molecule has 1 N–H and O–H groups in total. The van der Waals surface area contributed by atoms with Gasteiger partial charge in [-0.3, -0.25) is 4.79 Å². The van der Waals surface area contributed by atoms with Crippen LogP contribution in [0.3, 0.4) is 0 Å². The number of nitrogens with zero attached hydrogens (tertiary/aromatic N) is 5. The largest absolute Gasteiger partial charge is 0.493 e. The van der Waals surface area contributed by atoms with Gasteiger partial charge in [-0.15, -0.1) is 0 Å². The first-order valence-electron chi connectivity index (χ1n) is 11.2. The van der Waals surface area contributed by atoms with E-state index in [4.69, 9.17) is 4.74 Å². The van der Waals surface area contributed by atoms with Gasteiger partial charge in [-0.1, -0.05) is 23.8 Å². The molecule has 0 aliphatic carbocycles. The summed E-state index contributed by atoms with van der Waals surface area (Å²) in [7, 11) is 0. The highest BCUT2D eigenvalue weighted by Crippen LogP contribution is 2.35. The van der Waals surface area contributed by atoms with Crippen molar-refractivity contribution >= 4 is 5.91 Å². The quantitative estimate of drug-likeness (QED) is 0.480. The van der Waals surface area contributed by atoms with E-state index in [9.17, 15) is 4.79 Å². The van der Waals surface area contributed by atoms with E-state index >= 15 is 0 Å². The molecular formula is C25H26N6O2. The van der Waals surface area contributed by atoms with Crippen molar-refractivity contribution in [2.75, 3.05) is 13.2 Å². The topological polar surface area (TPSA) is 88.9 Å². The zero-order valence-electron chi connectivity index (χ0n) is 18.7. The number of hydrogen-bond donors (Lipinski definition) is 1. The second kappa shape index (κ2) is 8.90. The summed E-state index contributed by atoms with van der Waals surface area (Å²) in [4.78, 5) is 25.2. The van der Waals surface area contributed by atoms with Crippen LogP contribution in [0.15, 0.2) is 61.1 Å². The number of hydrogen-bond acceptors (Lipinski definition) is 5. The molecule has 1 unspecified atom stereocenters. The fraction of sp³-hybridized carbons (Fsp3) is 0.280. The van der Waals surface area contributed by atoms with E-state index in [0.717, 1.165) is 41.2 Å². The Kier molecular flexibility index (Phi) is 5.64. The summed E-state index contributed by atoms with van der Waals surface area (Å²) in [5.74, 6) is 1.56. The molecule has 1 aliphatic heterocycles. The van der Waals surface area contributed by atoms with Crippen molar-refractivity contribution in [2.45, 2.75) is 32.7 Å². The first-order valence-corrected chi connectivity index (χ1v) is 11.2. The van der Waals surface area contributed by atoms with E-state index in [1.807, 2.05) is 67.4 Å². The van der Waals surface area contributed by atoms with Crippen LogP contribution in [-0.2, 0) is 0 Å². The molecule has 0 radical (unpaired) electrons. The number of likely N-dealkylation sites (tertiary alicyclic amines) is 1. The van der Waals surface area contributed by atoms with Gasteiger partial charge < -0.3 is 14.6 Å². The number of ether oxygens (including phenoxy) is 1. The third kappa shape index (κ3) is 4.00. The van der Waals surface area contributed by atoms with Gasteiger partial charge in [-0.25, -0.2) is 4.98 Å². The van der Waals surface area contributed by atoms with E-state index in [-0.39, 0.29) is 11.9 Å². The first kappa shape index (κ1) is 20.9. The standard InChI is InChI=1S/C25H26N6O2/c1-3-33-23-9-5-4-7-18(23)20-16-26-24(29-20)22-8-6-14-30(22)25(32)19-15-17(2)10-11-21(19)31-27-12-13-28-31/h4-5,7,9-13,15-16,22H,3,6,8,14H2,1-2H3,(H,26,29). The Labute approximate surface area is 192 Å². The minimum absolute atomic E-state index is 0.0406. The SMILES string of the molecule is CCOc1ccccc1-c1cnc(C2CCCN2C(=O)c2cc(C)ccc2-n2nccn2)[nH]1. The number of H-pyrrole nitrogens is 1. The normalized spacial score (nSPS) is 15.7. The number of imidazole rings is 1. The molecule has 8 heteroatoms. The van der Waals surface area contributed by atoms with Crippen molar-refractivity contribution in [2.24, 2.45) is 0 Å². The highest BCUT2D eigenvalue weighted by molar-refractivity contribution is 5.98. The smallest absolute Gasteiger partial charge is 0.256 e. The summed E-state index contributed by atoms with van der Waals surface area (Å²) in [5.41, 5.74) is 4.11. The van der Waals surface area contributed by atoms with Crippen LogP contribution in [0.1, 0.15) is 47.6 Å². The molecule has 1 fully saturated rings. The summed E-state index contributed by atoms with van der Waals surface area (Å²) in [5, 5.41) is 8.46. The molecule has 8 nitrogen and oxygen atoms in total. The van der Waals surface area contributed by atoms with Gasteiger partial charge in [-0.05, 0) is 51.0 Å². The predicted molar refractivity (Wildman–Crippen MR) is 124 cm³/mol. The number of carbonyl (C=O) groups is 1. The Morgan fingerprint density at radius 1 is 1.18 bits per heavy atom. The third-order valence-corrected chi connectivity index (χ3v) is 5.92. The van der Waals surface area contributed by atoms with Gasteiger partial charge in [0.15, 0.2) is 0 Å². The van der Waals surface area contributed by atoms with E-state index in [1.165, 1.54) is 4.80 Å². The fourth-order valence-electron chi connectivity index (χ4n) is 4.40. The number of nitrogens with one attached hydrogen (secondary N) is 1. The Bertz CT molecular complexity index is 1260. The molecule has 0 bridgehead atoms. The van der Waals surface area contributed by atoms with Gasteiger partial charge in [0, 0.05) is 12.1 Å². The lowest BCUT2D eigenvalue weighted by atomic mass is 10.1. The van der Waals surface area contributed by atoms with Crippen LogP contribution in [0.4, 0.5) is 0 Å². The first-order chi connectivity index (χ1) is 16.2. The zero-order valence-corrected chi connectivity index (χ0v) is 18.7. The molecule has 1 atom stereocenters. The molecule has 5 rings (SSSR count). The lowest BCUT2D eigenvalue weighted by Crippen LogP contribution is -2.32. The molecule has 4 aromatic rings. The van der Waals surface area contributed by atoms with E-state index < -0.39 is 0 Å². The summed E-state index contributed by atoms with van der Waals surface area (Å²) in [6.07, 6.45) is 6.81. The summed E-state index contributed by atoms with van der Waals surface area (Å²) in [6, 6.07) is 13.5. The van der Waals surface area contributed by atoms with Gasteiger partial charge in [0.2, 0.25) is 0 Å². The van der Waals surface area contributed by atoms with Crippen molar-refractivity contribution in [3.05, 3.63) is 78.0 Å². The number of carbonyl (C=O) groups excluding carboxylic acids is 1. The number of rotatable bonds is 6. The highest BCUT2D eigenvalue weighted by Gasteiger charge is 2.34. The van der Waals surface area contributed by atoms with E-state index in [1.54, 1.807) is 12.4 Å². The van der Waals surface area contributed by atoms with Crippen molar-refractivity contribution < 1.29 is 9.53 Å². The second-order valence-corrected chi connectivity index (χ2v) is 8.11. The number of aromatic amines is 1. The van der Waals surface area contributed by atoms with Crippen LogP contribution in [-0.4, -0.2) is 48.9 Å². The number of para-hydroxylation sites is 1. The Balaban J connectivity index is 1.46. The summed E-state index contributed by atoms with van der Waals surface area (Å²) >= 11 is 0. The molecule has 0 spiro atoms. The number of amides is 1. The average Bonchev–Trinajstić information content (AvgIpc) is 3.60. The lowest BCUT2D eigenvalue weighted by molar-refractivity contribution is 0.0730. The maximum atomic E-state index is 13.7. The van der Waals surface area contributed by atoms with Crippen LogP contribution in [0.25, 0.3) is 16.9 Å². The van der Waals surface area contributed by atoms with Gasteiger partial charge in [0.1, 0.15) is 11.6 Å². The molecule has 1 saturated heterocycles. The monoisotopic (exact) mass is 442 g/mol. The van der Waals surface area contributed by atoms with Crippen LogP contribution in [0.2, 0.25) is 0 Å².